The van der Waals surface area contributed by atoms with Gasteiger partial charge < -0.3 is 14.8 Å². The van der Waals surface area contributed by atoms with Crippen molar-refractivity contribution < 1.29 is 19.1 Å². The number of para-hydroxylation sites is 1. The minimum absolute atomic E-state index is 0.0540. The van der Waals surface area contributed by atoms with Crippen molar-refractivity contribution in [2.45, 2.75) is 32.2 Å². The van der Waals surface area contributed by atoms with Crippen LogP contribution in [0.4, 0.5) is 0 Å². The zero-order valence-electron chi connectivity index (χ0n) is 15.1. The van der Waals surface area contributed by atoms with E-state index in [1.165, 1.54) is 0 Å². The third-order valence-corrected chi connectivity index (χ3v) is 5.38. The fraction of sp³-hybridized carbons (Fsp3) is 0.273. The Morgan fingerprint density at radius 1 is 1.11 bits per heavy atom. The van der Waals surface area contributed by atoms with Crippen LogP contribution in [0.2, 0.25) is 0 Å². The monoisotopic (exact) mass is 363 g/mol. The average Bonchev–Trinajstić information content (AvgIpc) is 3.23. The fourth-order valence-corrected chi connectivity index (χ4v) is 3.93. The van der Waals surface area contributed by atoms with Crippen molar-refractivity contribution >= 4 is 22.8 Å². The highest BCUT2D eigenvalue weighted by molar-refractivity contribution is 5.86. The van der Waals surface area contributed by atoms with Gasteiger partial charge in [0.25, 0.3) is 0 Å². The van der Waals surface area contributed by atoms with Gasteiger partial charge in [-0.1, -0.05) is 42.5 Å². The van der Waals surface area contributed by atoms with Gasteiger partial charge in [0.2, 0.25) is 5.91 Å². The van der Waals surface area contributed by atoms with E-state index < -0.39 is 11.4 Å². The summed E-state index contributed by atoms with van der Waals surface area (Å²) in [6, 6.07) is 16.9. The Bertz CT molecular complexity index is 962. The SMILES string of the molecule is C[C@@H](NC(=O)CC1(C(=O)O)Cc2ccccc2C1)c1cc2ccccc2o1. The third kappa shape index (κ3) is 3.21. The van der Waals surface area contributed by atoms with Crippen molar-refractivity contribution in [3.8, 4) is 0 Å². The van der Waals surface area contributed by atoms with Crippen molar-refractivity contribution in [1.82, 2.24) is 5.32 Å². The molecule has 5 nitrogen and oxygen atoms in total. The second kappa shape index (κ2) is 6.58. The molecule has 0 saturated heterocycles. The first-order chi connectivity index (χ1) is 13.0. The Kier molecular flexibility index (Phi) is 4.22. The number of fused-ring (bicyclic) bond motifs is 2. The molecule has 2 N–H and O–H groups in total. The first-order valence-corrected chi connectivity index (χ1v) is 9.05. The molecular formula is C22H21NO4. The third-order valence-electron chi connectivity index (χ3n) is 5.38. The van der Waals surface area contributed by atoms with E-state index in [9.17, 15) is 14.7 Å². The van der Waals surface area contributed by atoms with Crippen LogP contribution in [-0.2, 0) is 22.4 Å². The Morgan fingerprint density at radius 3 is 2.37 bits per heavy atom. The van der Waals surface area contributed by atoms with E-state index in [-0.39, 0.29) is 18.4 Å². The smallest absolute Gasteiger partial charge is 0.310 e. The molecule has 1 aromatic heterocycles. The van der Waals surface area contributed by atoms with Crippen LogP contribution < -0.4 is 5.32 Å². The summed E-state index contributed by atoms with van der Waals surface area (Å²) in [6.07, 6.45) is 0.706. The van der Waals surface area contributed by atoms with Gasteiger partial charge in [0.1, 0.15) is 11.3 Å². The lowest BCUT2D eigenvalue weighted by Gasteiger charge is -2.24. The van der Waals surface area contributed by atoms with Gasteiger partial charge in [-0.25, -0.2) is 0 Å². The van der Waals surface area contributed by atoms with Crippen LogP contribution in [0.15, 0.2) is 59.0 Å². The minimum Gasteiger partial charge on any atom is -0.481 e. The number of carbonyl (C=O) groups is 2. The maximum absolute atomic E-state index is 12.6. The summed E-state index contributed by atoms with van der Waals surface area (Å²) >= 11 is 0. The highest BCUT2D eigenvalue weighted by Gasteiger charge is 2.45. The fourth-order valence-electron chi connectivity index (χ4n) is 3.93. The average molecular weight is 363 g/mol. The molecule has 1 aliphatic rings. The van der Waals surface area contributed by atoms with Crippen LogP contribution in [0.3, 0.4) is 0 Å². The number of hydrogen-bond acceptors (Lipinski definition) is 3. The van der Waals surface area contributed by atoms with E-state index in [1.54, 1.807) is 0 Å². The quantitative estimate of drug-likeness (QED) is 0.721. The maximum atomic E-state index is 12.6. The van der Waals surface area contributed by atoms with Gasteiger partial charge in [-0.05, 0) is 43.0 Å². The lowest BCUT2D eigenvalue weighted by atomic mass is 9.81. The molecule has 0 saturated carbocycles. The summed E-state index contributed by atoms with van der Waals surface area (Å²) in [4.78, 5) is 24.6. The van der Waals surface area contributed by atoms with Gasteiger partial charge in [0, 0.05) is 11.8 Å². The number of aliphatic carboxylic acids is 1. The molecule has 1 atom stereocenters. The first-order valence-electron chi connectivity index (χ1n) is 9.05. The molecule has 138 valence electrons. The molecule has 1 amide bonds. The first kappa shape index (κ1) is 17.3. The number of rotatable bonds is 5. The van der Waals surface area contributed by atoms with Gasteiger partial charge in [-0.2, -0.15) is 0 Å². The van der Waals surface area contributed by atoms with Gasteiger partial charge in [0.05, 0.1) is 11.5 Å². The van der Waals surface area contributed by atoms with Gasteiger partial charge >= 0.3 is 5.97 Å². The molecular weight excluding hydrogens is 342 g/mol. The summed E-state index contributed by atoms with van der Waals surface area (Å²) in [6.45, 7) is 1.84. The number of carboxylic acid groups (broad SMARTS) is 1. The van der Waals surface area contributed by atoms with Gasteiger partial charge in [-0.3, -0.25) is 9.59 Å². The van der Waals surface area contributed by atoms with Crippen LogP contribution in [-0.4, -0.2) is 17.0 Å². The highest BCUT2D eigenvalue weighted by atomic mass is 16.4. The van der Waals surface area contributed by atoms with E-state index in [0.717, 1.165) is 22.1 Å². The highest BCUT2D eigenvalue weighted by Crippen LogP contribution is 2.40. The number of carboxylic acids is 1. The molecule has 0 spiro atoms. The van der Waals surface area contributed by atoms with Crippen LogP contribution in [0.25, 0.3) is 11.0 Å². The van der Waals surface area contributed by atoms with Crippen LogP contribution in [0.5, 0.6) is 0 Å². The Morgan fingerprint density at radius 2 is 1.74 bits per heavy atom. The summed E-state index contributed by atoms with van der Waals surface area (Å²) in [5.74, 6) is -0.549. The molecule has 27 heavy (non-hydrogen) atoms. The number of carbonyl (C=O) groups excluding carboxylic acids is 1. The van der Waals surface area contributed by atoms with Crippen molar-refractivity contribution in [3.05, 3.63) is 71.5 Å². The van der Waals surface area contributed by atoms with Crippen LogP contribution in [0.1, 0.15) is 36.3 Å². The zero-order valence-corrected chi connectivity index (χ0v) is 15.1. The molecule has 0 bridgehead atoms. The van der Waals surface area contributed by atoms with Crippen molar-refractivity contribution in [1.29, 1.82) is 0 Å². The summed E-state index contributed by atoms with van der Waals surface area (Å²) in [5.41, 5.74) is 1.71. The second-order valence-corrected chi connectivity index (χ2v) is 7.36. The summed E-state index contributed by atoms with van der Waals surface area (Å²) in [7, 11) is 0. The van der Waals surface area contributed by atoms with E-state index in [2.05, 4.69) is 5.32 Å². The molecule has 0 radical (unpaired) electrons. The maximum Gasteiger partial charge on any atom is 0.310 e. The second-order valence-electron chi connectivity index (χ2n) is 7.36. The Balaban J connectivity index is 1.48. The normalized spacial score (nSPS) is 16.0. The van der Waals surface area contributed by atoms with E-state index >= 15 is 0 Å². The minimum atomic E-state index is -1.08. The number of furan rings is 1. The molecule has 3 aromatic rings. The largest absolute Gasteiger partial charge is 0.481 e. The van der Waals surface area contributed by atoms with Gasteiger partial charge in [-0.15, -0.1) is 0 Å². The zero-order chi connectivity index (χ0) is 19.0. The van der Waals surface area contributed by atoms with Crippen molar-refractivity contribution in [3.63, 3.8) is 0 Å². The predicted octanol–water partition coefficient (Wildman–Crippen LogP) is 3.87. The van der Waals surface area contributed by atoms with E-state index in [0.29, 0.717) is 18.6 Å². The van der Waals surface area contributed by atoms with E-state index in [4.69, 9.17) is 4.42 Å². The molecule has 4 rings (SSSR count). The molecule has 1 aliphatic carbocycles. The summed E-state index contributed by atoms with van der Waals surface area (Å²) in [5, 5.41) is 13.7. The topological polar surface area (TPSA) is 79.5 Å². The standard InChI is InChI=1S/C22H21NO4/c1-14(19-10-15-6-4-5-9-18(15)27-19)23-20(24)13-22(21(25)26)11-16-7-2-3-8-17(16)12-22/h2-10,14H,11-13H2,1H3,(H,23,24)(H,25,26)/t14-/m1/s1. The lowest BCUT2D eigenvalue weighted by molar-refractivity contribution is -0.151. The number of nitrogens with one attached hydrogen (secondary N) is 1. The molecule has 2 aromatic carbocycles. The predicted molar refractivity (Wildman–Crippen MR) is 101 cm³/mol. The molecule has 0 fully saturated rings. The van der Waals surface area contributed by atoms with Gasteiger partial charge in [0.15, 0.2) is 0 Å². The molecule has 0 unspecified atom stereocenters. The number of benzene rings is 2. The van der Waals surface area contributed by atoms with Crippen LogP contribution >= 0.6 is 0 Å². The molecule has 1 heterocycles. The van der Waals surface area contributed by atoms with Crippen molar-refractivity contribution in [2.24, 2.45) is 5.41 Å². The van der Waals surface area contributed by atoms with Crippen molar-refractivity contribution in [2.75, 3.05) is 0 Å². The Labute approximate surface area is 157 Å². The molecule has 5 heteroatoms. The number of amides is 1. The van der Waals surface area contributed by atoms with E-state index in [1.807, 2.05) is 61.5 Å². The summed E-state index contributed by atoms with van der Waals surface area (Å²) < 4.78 is 5.79. The molecule has 0 aliphatic heterocycles. The van der Waals surface area contributed by atoms with Crippen LogP contribution in [0, 0.1) is 5.41 Å². The lowest BCUT2D eigenvalue weighted by Crippen LogP contribution is -2.39. The Hall–Kier alpha value is -3.08. The number of hydrogen-bond donors (Lipinski definition) is 2.